The van der Waals surface area contributed by atoms with E-state index in [1.54, 1.807) is 18.2 Å². The number of nitrogens with one attached hydrogen (secondary N) is 1. The molecule has 0 fully saturated rings. The molecule has 1 heterocycles. The van der Waals surface area contributed by atoms with E-state index in [0.717, 1.165) is 16.9 Å². The summed E-state index contributed by atoms with van der Waals surface area (Å²) in [5.74, 6) is 0.0976. The van der Waals surface area contributed by atoms with Crippen LogP contribution in [0.25, 0.3) is 6.08 Å². The van der Waals surface area contributed by atoms with Crippen LogP contribution in [0.15, 0.2) is 54.1 Å². The second-order valence-electron chi connectivity index (χ2n) is 5.24. The van der Waals surface area contributed by atoms with E-state index in [9.17, 15) is 9.59 Å². The van der Waals surface area contributed by atoms with Crippen LogP contribution in [0.3, 0.4) is 0 Å². The van der Waals surface area contributed by atoms with E-state index in [1.807, 2.05) is 36.4 Å². The van der Waals surface area contributed by atoms with Crippen LogP contribution < -0.4 is 15.8 Å². The number of rotatable bonds is 4. The minimum atomic E-state index is -0.488. The molecular weight excluding hydrogens is 292 g/mol. The van der Waals surface area contributed by atoms with Crippen molar-refractivity contribution in [3.63, 3.8) is 0 Å². The van der Waals surface area contributed by atoms with Gasteiger partial charge in [0.2, 0.25) is 5.91 Å². The molecule has 0 bridgehead atoms. The van der Waals surface area contributed by atoms with Crippen LogP contribution in [-0.4, -0.2) is 18.4 Å². The molecule has 0 saturated carbocycles. The van der Waals surface area contributed by atoms with Crippen LogP contribution in [0.4, 0.5) is 0 Å². The van der Waals surface area contributed by atoms with Crippen molar-refractivity contribution in [3.8, 4) is 5.75 Å². The molecule has 2 amide bonds. The summed E-state index contributed by atoms with van der Waals surface area (Å²) in [4.78, 5) is 23.4. The number of hydrogen-bond donors (Lipinski definition) is 2. The molecule has 0 unspecified atom stereocenters. The van der Waals surface area contributed by atoms with Gasteiger partial charge in [-0.25, -0.2) is 0 Å². The van der Waals surface area contributed by atoms with Crippen molar-refractivity contribution < 1.29 is 14.3 Å². The highest BCUT2D eigenvalue weighted by Gasteiger charge is 2.16. The zero-order chi connectivity index (χ0) is 16.2. The van der Waals surface area contributed by atoms with Crippen LogP contribution in [0, 0.1) is 0 Å². The lowest BCUT2D eigenvalue weighted by molar-refractivity contribution is -0.117. The predicted molar refractivity (Wildman–Crippen MR) is 86.7 cm³/mol. The van der Waals surface area contributed by atoms with Crippen LogP contribution in [0.1, 0.15) is 21.5 Å². The number of amides is 2. The minimum absolute atomic E-state index is 0.191. The van der Waals surface area contributed by atoms with Crippen molar-refractivity contribution in [2.24, 2.45) is 5.73 Å². The molecule has 5 nitrogen and oxygen atoms in total. The fourth-order valence-corrected chi connectivity index (χ4v) is 2.38. The van der Waals surface area contributed by atoms with Gasteiger partial charge in [0.05, 0.1) is 5.57 Å². The first-order valence-electron chi connectivity index (χ1n) is 7.23. The molecule has 0 aromatic heterocycles. The minimum Gasteiger partial charge on any atom is -0.488 e. The Labute approximate surface area is 133 Å². The topological polar surface area (TPSA) is 81.4 Å². The van der Waals surface area contributed by atoms with Crippen LogP contribution in [0.2, 0.25) is 0 Å². The highest BCUT2D eigenvalue weighted by atomic mass is 16.5. The lowest BCUT2D eigenvalue weighted by Gasteiger charge is -2.17. The molecule has 23 heavy (non-hydrogen) atoms. The maximum absolute atomic E-state index is 12.2. The third-order valence-corrected chi connectivity index (χ3v) is 3.59. The Morgan fingerprint density at radius 1 is 1.13 bits per heavy atom. The molecule has 0 atom stereocenters. The summed E-state index contributed by atoms with van der Waals surface area (Å²) in [6.45, 7) is 0.559. The van der Waals surface area contributed by atoms with Gasteiger partial charge >= 0.3 is 0 Å². The predicted octanol–water partition coefficient (Wildman–Crippen LogP) is 1.88. The van der Waals surface area contributed by atoms with E-state index >= 15 is 0 Å². The maximum atomic E-state index is 12.2. The summed E-state index contributed by atoms with van der Waals surface area (Å²) in [5, 5.41) is 2.83. The smallest absolute Gasteiger partial charge is 0.250 e. The molecule has 3 N–H and O–H groups in total. The Kier molecular flexibility index (Phi) is 4.10. The second kappa shape index (κ2) is 6.36. The van der Waals surface area contributed by atoms with Crippen molar-refractivity contribution in [1.29, 1.82) is 0 Å². The molecule has 3 rings (SSSR count). The lowest BCUT2D eigenvalue weighted by atomic mass is 10.1. The number of hydrogen-bond acceptors (Lipinski definition) is 3. The van der Waals surface area contributed by atoms with Crippen LogP contribution in [0.5, 0.6) is 5.75 Å². The lowest BCUT2D eigenvalue weighted by Crippen LogP contribution is -2.28. The van der Waals surface area contributed by atoms with Gasteiger partial charge in [0.25, 0.3) is 5.91 Å². The Morgan fingerprint density at radius 2 is 1.96 bits per heavy atom. The van der Waals surface area contributed by atoms with E-state index in [4.69, 9.17) is 10.5 Å². The van der Waals surface area contributed by atoms with Crippen molar-refractivity contribution in [2.75, 3.05) is 6.61 Å². The monoisotopic (exact) mass is 308 g/mol. The standard InChI is InChI=1S/C18H16N2O3/c19-17(21)14-6-3-4-12(8-14)10-20-18(22)15-9-13-5-1-2-7-16(13)23-11-15/h1-9H,10-11H2,(H2,19,21)(H,20,22). The van der Waals surface area contributed by atoms with Crippen molar-refractivity contribution in [3.05, 3.63) is 70.8 Å². The van der Waals surface area contributed by atoms with E-state index < -0.39 is 5.91 Å². The molecular formula is C18H16N2O3. The van der Waals surface area contributed by atoms with E-state index in [1.165, 1.54) is 0 Å². The molecule has 116 valence electrons. The summed E-state index contributed by atoms with van der Waals surface area (Å²) >= 11 is 0. The first kappa shape index (κ1) is 14.8. The summed E-state index contributed by atoms with van der Waals surface area (Å²) < 4.78 is 5.57. The molecule has 0 aliphatic carbocycles. The molecule has 0 radical (unpaired) electrons. The number of carbonyl (C=O) groups is 2. The zero-order valence-electron chi connectivity index (χ0n) is 12.4. The van der Waals surface area contributed by atoms with Crippen molar-refractivity contribution >= 4 is 17.9 Å². The number of benzene rings is 2. The molecule has 1 aliphatic heterocycles. The third-order valence-electron chi connectivity index (χ3n) is 3.59. The number of primary amides is 1. The Hall–Kier alpha value is -3.08. The van der Waals surface area contributed by atoms with Gasteiger partial charge < -0.3 is 15.8 Å². The highest BCUT2D eigenvalue weighted by Crippen LogP contribution is 2.25. The van der Waals surface area contributed by atoms with E-state index in [0.29, 0.717) is 17.7 Å². The summed E-state index contributed by atoms with van der Waals surface area (Å²) in [6.07, 6.45) is 1.83. The van der Waals surface area contributed by atoms with Crippen molar-refractivity contribution in [1.82, 2.24) is 5.32 Å². The van der Waals surface area contributed by atoms with Gasteiger partial charge in [-0.1, -0.05) is 30.3 Å². The number of fused-ring (bicyclic) bond motifs is 1. The summed E-state index contributed by atoms with van der Waals surface area (Å²) in [7, 11) is 0. The third kappa shape index (κ3) is 3.40. The zero-order valence-corrected chi connectivity index (χ0v) is 12.4. The van der Waals surface area contributed by atoms with Gasteiger partial charge in [-0.3, -0.25) is 9.59 Å². The quantitative estimate of drug-likeness (QED) is 0.905. The summed E-state index contributed by atoms with van der Waals surface area (Å²) in [6, 6.07) is 14.4. The van der Waals surface area contributed by atoms with Gasteiger partial charge in [0.1, 0.15) is 12.4 Å². The number of ether oxygens (including phenoxy) is 1. The van der Waals surface area contributed by atoms with E-state index in [2.05, 4.69) is 5.32 Å². The van der Waals surface area contributed by atoms with Gasteiger partial charge in [-0.05, 0) is 29.8 Å². The number of nitrogens with two attached hydrogens (primary N) is 1. The normalized spacial score (nSPS) is 12.6. The fraction of sp³-hybridized carbons (Fsp3) is 0.111. The molecule has 2 aromatic rings. The Balaban J connectivity index is 1.68. The average Bonchev–Trinajstić information content (AvgIpc) is 2.59. The van der Waals surface area contributed by atoms with Gasteiger partial charge in [-0.15, -0.1) is 0 Å². The molecule has 5 heteroatoms. The van der Waals surface area contributed by atoms with Crippen LogP contribution in [-0.2, 0) is 11.3 Å². The SMILES string of the molecule is NC(=O)c1cccc(CNC(=O)C2=Cc3ccccc3OC2)c1. The second-order valence-corrected chi connectivity index (χ2v) is 5.24. The largest absolute Gasteiger partial charge is 0.488 e. The Morgan fingerprint density at radius 3 is 2.78 bits per heavy atom. The maximum Gasteiger partial charge on any atom is 0.250 e. The first-order valence-corrected chi connectivity index (χ1v) is 7.23. The fourth-order valence-electron chi connectivity index (χ4n) is 2.38. The van der Waals surface area contributed by atoms with Crippen LogP contribution >= 0.6 is 0 Å². The summed E-state index contributed by atoms with van der Waals surface area (Å²) in [5.41, 5.74) is 7.94. The molecule has 2 aromatic carbocycles. The van der Waals surface area contributed by atoms with Gasteiger partial charge in [-0.2, -0.15) is 0 Å². The van der Waals surface area contributed by atoms with Gasteiger partial charge in [0, 0.05) is 17.7 Å². The average molecular weight is 308 g/mol. The number of carbonyl (C=O) groups excluding carboxylic acids is 2. The highest BCUT2D eigenvalue weighted by molar-refractivity contribution is 5.99. The molecule has 1 aliphatic rings. The molecule has 0 saturated heterocycles. The Bertz CT molecular complexity index is 796. The first-order chi connectivity index (χ1) is 11.1. The molecule has 0 spiro atoms. The van der Waals surface area contributed by atoms with Gasteiger partial charge in [0.15, 0.2) is 0 Å². The number of para-hydroxylation sites is 1. The van der Waals surface area contributed by atoms with E-state index in [-0.39, 0.29) is 12.5 Å². The van der Waals surface area contributed by atoms with Crippen molar-refractivity contribution in [2.45, 2.75) is 6.54 Å².